The lowest BCUT2D eigenvalue weighted by atomic mass is 9.94. The van der Waals surface area contributed by atoms with Crippen LogP contribution in [0.25, 0.3) is 0 Å². The molecule has 1 aliphatic heterocycles. The van der Waals surface area contributed by atoms with Crippen molar-refractivity contribution in [2.45, 2.75) is 50.5 Å². The summed E-state index contributed by atoms with van der Waals surface area (Å²) in [5.74, 6) is 0.120. The van der Waals surface area contributed by atoms with Gasteiger partial charge in [0.2, 0.25) is 0 Å². The molecule has 2 fully saturated rings. The molecule has 1 aromatic heterocycles. The topological polar surface area (TPSA) is 58.2 Å². The number of morpholine rings is 1. The summed E-state index contributed by atoms with van der Waals surface area (Å²) in [6, 6.07) is 0. The molecule has 2 heterocycles. The van der Waals surface area contributed by atoms with Crippen LogP contribution in [0.5, 0.6) is 0 Å². The van der Waals surface area contributed by atoms with Gasteiger partial charge in [0.05, 0.1) is 18.8 Å². The maximum absolute atomic E-state index is 13.0. The summed E-state index contributed by atoms with van der Waals surface area (Å²) in [4.78, 5) is 15.0. The largest absolute Gasteiger partial charge is 0.377 e. The Morgan fingerprint density at radius 1 is 1.25 bits per heavy atom. The second kappa shape index (κ2) is 4.58. The number of ether oxygens (including phenoxy) is 1. The minimum atomic E-state index is -0.0558. The molecule has 5 nitrogen and oxygen atoms in total. The third kappa shape index (κ3) is 1.72. The van der Waals surface area contributed by atoms with Gasteiger partial charge in [-0.1, -0.05) is 12.8 Å². The SMILES string of the molecule is O=C(c1n[nH]c2c1CCC2)N1CCOCC12CCCC2. The van der Waals surface area contributed by atoms with E-state index >= 15 is 0 Å². The molecule has 0 aromatic carbocycles. The van der Waals surface area contributed by atoms with Crippen LogP contribution in [0.15, 0.2) is 0 Å². The van der Waals surface area contributed by atoms with Crippen LogP contribution in [0.3, 0.4) is 0 Å². The maximum atomic E-state index is 13.0. The van der Waals surface area contributed by atoms with E-state index in [0.717, 1.165) is 37.7 Å². The van der Waals surface area contributed by atoms with E-state index < -0.39 is 0 Å². The molecule has 0 atom stereocenters. The van der Waals surface area contributed by atoms with Crippen LogP contribution in [0.2, 0.25) is 0 Å². The summed E-state index contributed by atoms with van der Waals surface area (Å²) in [7, 11) is 0. The van der Waals surface area contributed by atoms with Gasteiger partial charge in [0.25, 0.3) is 5.91 Å². The summed E-state index contributed by atoms with van der Waals surface area (Å²) in [5, 5.41) is 7.37. The average molecular weight is 275 g/mol. The van der Waals surface area contributed by atoms with E-state index in [4.69, 9.17) is 4.74 Å². The Bertz CT molecular complexity index is 531. The molecule has 1 saturated heterocycles. The molecule has 1 N–H and O–H groups in total. The molecular weight excluding hydrogens is 254 g/mol. The third-order valence-corrected chi connectivity index (χ3v) is 5.19. The van der Waals surface area contributed by atoms with Crippen molar-refractivity contribution in [1.82, 2.24) is 15.1 Å². The highest BCUT2D eigenvalue weighted by atomic mass is 16.5. The molecular formula is C15H21N3O2. The molecule has 1 saturated carbocycles. The van der Waals surface area contributed by atoms with Gasteiger partial charge >= 0.3 is 0 Å². The lowest BCUT2D eigenvalue weighted by Gasteiger charge is -2.44. The van der Waals surface area contributed by atoms with Crippen LogP contribution in [0.4, 0.5) is 0 Å². The van der Waals surface area contributed by atoms with Crippen molar-refractivity contribution < 1.29 is 9.53 Å². The van der Waals surface area contributed by atoms with Crippen LogP contribution in [0, 0.1) is 0 Å². The van der Waals surface area contributed by atoms with Crippen molar-refractivity contribution in [2.24, 2.45) is 0 Å². The van der Waals surface area contributed by atoms with Crippen LogP contribution < -0.4 is 0 Å². The quantitative estimate of drug-likeness (QED) is 0.848. The van der Waals surface area contributed by atoms with Crippen LogP contribution in [0.1, 0.15) is 53.8 Å². The Morgan fingerprint density at radius 3 is 2.95 bits per heavy atom. The summed E-state index contributed by atoms with van der Waals surface area (Å²) < 4.78 is 5.68. The van der Waals surface area contributed by atoms with E-state index in [1.807, 2.05) is 0 Å². The number of amides is 1. The van der Waals surface area contributed by atoms with Crippen molar-refractivity contribution in [3.63, 3.8) is 0 Å². The number of hydrogen-bond acceptors (Lipinski definition) is 3. The number of carbonyl (C=O) groups is 1. The van der Waals surface area contributed by atoms with E-state index in [9.17, 15) is 4.79 Å². The zero-order valence-electron chi connectivity index (χ0n) is 11.8. The van der Waals surface area contributed by atoms with Crippen molar-refractivity contribution in [3.05, 3.63) is 17.0 Å². The van der Waals surface area contributed by atoms with Gasteiger partial charge in [0, 0.05) is 17.8 Å². The van der Waals surface area contributed by atoms with Crippen LogP contribution in [-0.2, 0) is 17.6 Å². The second-order valence-corrected chi connectivity index (χ2v) is 6.32. The fourth-order valence-electron chi connectivity index (χ4n) is 4.12. The minimum absolute atomic E-state index is 0.0558. The molecule has 2 aliphatic carbocycles. The maximum Gasteiger partial charge on any atom is 0.275 e. The zero-order chi connectivity index (χ0) is 13.6. The molecule has 1 spiro atoms. The lowest BCUT2D eigenvalue weighted by Crippen LogP contribution is -2.57. The van der Waals surface area contributed by atoms with Gasteiger partial charge in [-0.2, -0.15) is 5.10 Å². The third-order valence-electron chi connectivity index (χ3n) is 5.19. The summed E-state index contributed by atoms with van der Waals surface area (Å²) in [6.07, 6.45) is 7.71. The molecule has 1 amide bonds. The number of hydrogen-bond donors (Lipinski definition) is 1. The highest BCUT2D eigenvalue weighted by Gasteiger charge is 2.45. The highest BCUT2D eigenvalue weighted by Crippen LogP contribution is 2.38. The van der Waals surface area contributed by atoms with E-state index in [1.165, 1.54) is 18.5 Å². The molecule has 0 radical (unpaired) electrons. The van der Waals surface area contributed by atoms with Crippen molar-refractivity contribution >= 4 is 5.91 Å². The van der Waals surface area contributed by atoms with Gasteiger partial charge in [-0.25, -0.2) is 0 Å². The molecule has 1 aromatic rings. The molecule has 0 unspecified atom stereocenters. The number of aryl methyl sites for hydroxylation is 1. The Kier molecular flexibility index (Phi) is 2.84. The fraction of sp³-hybridized carbons (Fsp3) is 0.733. The van der Waals surface area contributed by atoms with Gasteiger partial charge in [-0.3, -0.25) is 9.89 Å². The first-order valence-electron chi connectivity index (χ1n) is 7.76. The Balaban J connectivity index is 1.66. The van der Waals surface area contributed by atoms with Crippen molar-refractivity contribution in [3.8, 4) is 0 Å². The fourth-order valence-corrected chi connectivity index (χ4v) is 4.12. The molecule has 108 valence electrons. The Labute approximate surface area is 118 Å². The molecule has 4 rings (SSSR count). The summed E-state index contributed by atoms with van der Waals surface area (Å²) in [5.41, 5.74) is 2.95. The van der Waals surface area contributed by atoms with Crippen LogP contribution >= 0.6 is 0 Å². The smallest absolute Gasteiger partial charge is 0.275 e. The zero-order valence-corrected chi connectivity index (χ0v) is 11.8. The van der Waals surface area contributed by atoms with Gasteiger partial charge < -0.3 is 9.64 Å². The van der Waals surface area contributed by atoms with Crippen molar-refractivity contribution in [1.29, 1.82) is 0 Å². The lowest BCUT2D eigenvalue weighted by molar-refractivity contribution is -0.0504. The van der Waals surface area contributed by atoms with E-state index in [0.29, 0.717) is 25.5 Å². The first kappa shape index (κ1) is 12.4. The minimum Gasteiger partial charge on any atom is -0.377 e. The normalized spacial score (nSPS) is 24.3. The van der Waals surface area contributed by atoms with E-state index in [-0.39, 0.29) is 11.4 Å². The number of H-pyrrole nitrogens is 1. The second-order valence-electron chi connectivity index (χ2n) is 6.32. The number of nitrogens with zero attached hydrogens (tertiary/aromatic N) is 2. The van der Waals surface area contributed by atoms with E-state index in [1.54, 1.807) is 0 Å². The van der Waals surface area contributed by atoms with Crippen molar-refractivity contribution in [2.75, 3.05) is 19.8 Å². The van der Waals surface area contributed by atoms with Gasteiger partial charge in [-0.15, -0.1) is 0 Å². The molecule has 0 bridgehead atoms. The van der Waals surface area contributed by atoms with E-state index in [2.05, 4.69) is 15.1 Å². The van der Waals surface area contributed by atoms with Crippen LogP contribution in [-0.4, -0.2) is 46.3 Å². The number of rotatable bonds is 1. The van der Waals surface area contributed by atoms with Gasteiger partial charge in [-0.05, 0) is 32.1 Å². The first-order chi connectivity index (χ1) is 9.80. The summed E-state index contributed by atoms with van der Waals surface area (Å²) in [6.45, 7) is 2.06. The predicted molar refractivity (Wildman–Crippen MR) is 73.7 cm³/mol. The number of carbonyl (C=O) groups excluding carboxylic acids is 1. The van der Waals surface area contributed by atoms with Gasteiger partial charge in [0.1, 0.15) is 0 Å². The monoisotopic (exact) mass is 275 g/mol. The predicted octanol–water partition coefficient (Wildman–Crippen LogP) is 1.68. The number of fused-ring (bicyclic) bond motifs is 1. The first-order valence-corrected chi connectivity index (χ1v) is 7.76. The number of aromatic amines is 1. The average Bonchev–Trinajstić information content (AvgIpc) is 3.15. The molecule has 3 aliphatic rings. The standard InChI is InChI=1S/C15H21N3O2/c19-14(13-11-4-3-5-12(11)16-17-13)18-8-9-20-10-15(18)6-1-2-7-15/h1-10H2,(H,16,17). The Morgan fingerprint density at radius 2 is 2.10 bits per heavy atom. The number of aromatic nitrogens is 2. The molecule has 5 heteroatoms. The summed E-state index contributed by atoms with van der Waals surface area (Å²) >= 11 is 0. The highest BCUT2D eigenvalue weighted by molar-refractivity contribution is 5.94. The Hall–Kier alpha value is -1.36. The number of nitrogens with one attached hydrogen (secondary N) is 1. The molecule has 20 heavy (non-hydrogen) atoms. The van der Waals surface area contributed by atoms with Gasteiger partial charge in [0.15, 0.2) is 5.69 Å².